The molecule has 4 rings (SSSR count). The number of amides is 1. The molecule has 0 fully saturated rings. The Balaban J connectivity index is 1.82. The second-order valence-electron chi connectivity index (χ2n) is 6.03. The van der Waals surface area contributed by atoms with Gasteiger partial charge in [0.15, 0.2) is 21.9 Å². The Labute approximate surface area is 173 Å². The highest BCUT2D eigenvalue weighted by Crippen LogP contribution is 2.29. The van der Waals surface area contributed by atoms with Crippen LogP contribution in [0.2, 0.25) is 0 Å². The number of allylic oxidation sites excluding steroid dienone is 1. The molecule has 0 atom stereocenters. The van der Waals surface area contributed by atoms with Crippen LogP contribution in [0.25, 0.3) is 21.2 Å². The van der Waals surface area contributed by atoms with Crippen LogP contribution >= 0.6 is 27.3 Å². The lowest BCUT2D eigenvalue weighted by molar-refractivity contribution is 0.0973. The normalized spacial score (nSPS) is 12.0. The zero-order valence-electron chi connectivity index (χ0n) is 15.1. The quantitative estimate of drug-likeness (QED) is 0.370. The molecule has 4 aromatic rings. The molecule has 2 aromatic heterocycles. The van der Waals surface area contributed by atoms with Crippen molar-refractivity contribution in [1.82, 2.24) is 4.57 Å². The van der Waals surface area contributed by atoms with Crippen LogP contribution < -0.4 is 9.54 Å². The van der Waals surface area contributed by atoms with Gasteiger partial charge in [0.1, 0.15) is 0 Å². The van der Waals surface area contributed by atoms with Crippen LogP contribution in [-0.2, 0) is 6.54 Å². The summed E-state index contributed by atoms with van der Waals surface area (Å²) in [5.41, 5.74) is 1.56. The minimum Gasteiger partial charge on any atom is -0.490 e. The smallest absolute Gasteiger partial charge is 0.315 e. The highest BCUT2D eigenvalue weighted by molar-refractivity contribution is 9.10. The predicted molar refractivity (Wildman–Crippen MR) is 115 cm³/mol. The maximum atomic E-state index is 12.8. The third kappa shape index (κ3) is 3.43. The summed E-state index contributed by atoms with van der Waals surface area (Å²) < 4.78 is 15.3. The van der Waals surface area contributed by atoms with Gasteiger partial charge in [-0.05, 0) is 37.3 Å². The molecule has 0 unspecified atom stereocenters. The van der Waals surface area contributed by atoms with Gasteiger partial charge in [-0.25, -0.2) is 0 Å². The van der Waals surface area contributed by atoms with Gasteiger partial charge in [-0.1, -0.05) is 45.5 Å². The molecule has 0 saturated heterocycles. The lowest BCUT2D eigenvalue weighted by Gasteiger charge is -2.02. The van der Waals surface area contributed by atoms with E-state index in [9.17, 15) is 4.79 Å². The first kappa shape index (κ1) is 18.7. The largest absolute Gasteiger partial charge is 0.490 e. The third-order valence-electron chi connectivity index (χ3n) is 4.17. The lowest BCUT2D eigenvalue weighted by Crippen LogP contribution is -2.16. The number of carbonyl (C=O) groups excluding carboxylic acids is 1. The maximum absolute atomic E-state index is 12.8. The van der Waals surface area contributed by atoms with Crippen LogP contribution in [0.3, 0.4) is 0 Å². The molecule has 0 spiro atoms. The SMILES string of the molecule is C=CCn1c(=NC(=O)c2cc3cccc(OCC)c3o2)sc2cc(Br)ccc21. The summed E-state index contributed by atoms with van der Waals surface area (Å²) in [5, 5.41) is 0.809. The molecule has 28 heavy (non-hydrogen) atoms. The fourth-order valence-electron chi connectivity index (χ4n) is 2.99. The second kappa shape index (κ2) is 7.77. The van der Waals surface area contributed by atoms with Gasteiger partial charge in [-0.3, -0.25) is 4.79 Å². The second-order valence-corrected chi connectivity index (χ2v) is 7.96. The number of carbonyl (C=O) groups is 1. The Morgan fingerprint density at radius 3 is 3.00 bits per heavy atom. The number of benzene rings is 2. The van der Waals surface area contributed by atoms with E-state index in [1.807, 2.05) is 47.9 Å². The molecule has 0 radical (unpaired) electrons. The van der Waals surface area contributed by atoms with E-state index in [2.05, 4.69) is 27.5 Å². The minimum atomic E-state index is -0.429. The average molecular weight is 457 g/mol. The van der Waals surface area contributed by atoms with E-state index in [0.717, 1.165) is 20.1 Å². The van der Waals surface area contributed by atoms with Crippen molar-refractivity contribution in [2.45, 2.75) is 13.5 Å². The Kier molecular flexibility index (Phi) is 5.19. The first-order valence-corrected chi connectivity index (χ1v) is 10.4. The number of halogens is 1. The van der Waals surface area contributed by atoms with Crippen LogP contribution in [0.5, 0.6) is 5.75 Å². The lowest BCUT2D eigenvalue weighted by atomic mass is 10.2. The van der Waals surface area contributed by atoms with Crippen molar-refractivity contribution >= 4 is 54.4 Å². The molecule has 0 aliphatic heterocycles. The Morgan fingerprint density at radius 2 is 2.21 bits per heavy atom. The Morgan fingerprint density at radius 1 is 1.36 bits per heavy atom. The Hall–Kier alpha value is -2.64. The van der Waals surface area contributed by atoms with E-state index in [0.29, 0.717) is 29.3 Å². The van der Waals surface area contributed by atoms with Gasteiger partial charge in [0.2, 0.25) is 0 Å². The molecule has 142 valence electrons. The number of thiazole rings is 1. The van der Waals surface area contributed by atoms with Crippen molar-refractivity contribution in [2.75, 3.05) is 6.61 Å². The zero-order chi connectivity index (χ0) is 19.7. The average Bonchev–Trinajstić information content (AvgIpc) is 3.25. The summed E-state index contributed by atoms with van der Waals surface area (Å²) in [6.07, 6.45) is 1.78. The van der Waals surface area contributed by atoms with Crippen LogP contribution in [0.4, 0.5) is 0 Å². The van der Waals surface area contributed by atoms with E-state index in [4.69, 9.17) is 9.15 Å². The summed E-state index contributed by atoms with van der Waals surface area (Å²) in [7, 11) is 0. The van der Waals surface area contributed by atoms with Crippen molar-refractivity contribution in [3.05, 3.63) is 70.2 Å². The number of hydrogen-bond donors (Lipinski definition) is 0. The summed E-state index contributed by atoms with van der Waals surface area (Å²) in [5.74, 6) is 0.375. The van der Waals surface area contributed by atoms with Crippen LogP contribution in [0.15, 0.2) is 69.0 Å². The van der Waals surface area contributed by atoms with Crippen LogP contribution in [0.1, 0.15) is 17.5 Å². The van der Waals surface area contributed by atoms with Crippen molar-refractivity contribution in [2.24, 2.45) is 4.99 Å². The van der Waals surface area contributed by atoms with Gasteiger partial charge in [0, 0.05) is 16.4 Å². The predicted octanol–water partition coefficient (Wildman–Crippen LogP) is 5.54. The van der Waals surface area contributed by atoms with Gasteiger partial charge in [0.05, 0.1) is 16.8 Å². The molecule has 5 nitrogen and oxygen atoms in total. The minimum absolute atomic E-state index is 0.186. The molecule has 0 N–H and O–H groups in total. The maximum Gasteiger partial charge on any atom is 0.315 e. The van der Waals surface area contributed by atoms with E-state index in [1.54, 1.807) is 12.1 Å². The molecule has 2 aromatic carbocycles. The Bertz CT molecular complexity index is 1270. The third-order valence-corrected chi connectivity index (χ3v) is 5.71. The number of hydrogen-bond acceptors (Lipinski definition) is 4. The molecule has 1 amide bonds. The van der Waals surface area contributed by atoms with Crippen molar-refractivity contribution in [1.29, 1.82) is 0 Å². The first-order valence-electron chi connectivity index (χ1n) is 8.75. The fourth-order valence-corrected chi connectivity index (χ4v) is 4.58. The van der Waals surface area contributed by atoms with E-state index in [-0.39, 0.29) is 5.76 Å². The first-order chi connectivity index (χ1) is 13.6. The molecule has 0 aliphatic carbocycles. The van der Waals surface area contributed by atoms with Gasteiger partial charge >= 0.3 is 5.91 Å². The van der Waals surface area contributed by atoms with Crippen molar-refractivity contribution in [3.8, 4) is 5.75 Å². The summed E-state index contributed by atoms with van der Waals surface area (Å²) in [6.45, 7) is 6.79. The topological polar surface area (TPSA) is 56.7 Å². The number of aromatic nitrogens is 1. The van der Waals surface area contributed by atoms with Crippen LogP contribution in [-0.4, -0.2) is 17.1 Å². The zero-order valence-corrected chi connectivity index (χ0v) is 17.5. The molecular weight excluding hydrogens is 440 g/mol. The van der Waals surface area contributed by atoms with Gasteiger partial charge in [0.25, 0.3) is 0 Å². The summed E-state index contributed by atoms with van der Waals surface area (Å²) in [6, 6.07) is 13.3. The molecule has 0 saturated carbocycles. The monoisotopic (exact) mass is 456 g/mol. The van der Waals surface area contributed by atoms with E-state index in [1.165, 1.54) is 11.3 Å². The number of rotatable bonds is 5. The number of fused-ring (bicyclic) bond motifs is 2. The van der Waals surface area contributed by atoms with Gasteiger partial charge in [-0.15, -0.1) is 6.58 Å². The standard InChI is InChI=1S/C21H17BrN2O3S/c1-3-10-24-15-9-8-14(22)12-18(15)28-21(24)23-20(25)17-11-13-6-5-7-16(26-4-2)19(13)27-17/h3,5-9,11-12H,1,4,10H2,2H3. The number of ether oxygens (including phenoxy) is 1. The number of furan rings is 1. The van der Waals surface area contributed by atoms with E-state index >= 15 is 0 Å². The van der Waals surface area contributed by atoms with Crippen molar-refractivity contribution in [3.63, 3.8) is 0 Å². The number of para-hydroxylation sites is 1. The summed E-state index contributed by atoms with van der Waals surface area (Å²) >= 11 is 4.94. The van der Waals surface area contributed by atoms with E-state index < -0.39 is 5.91 Å². The molecule has 0 aliphatic rings. The highest BCUT2D eigenvalue weighted by atomic mass is 79.9. The molecule has 0 bridgehead atoms. The fraction of sp³-hybridized carbons (Fsp3) is 0.143. The van der Waals surface area contributed by atoms with Gasteiger partial charge < -0.3 is 13.7 Å². The van der Waals surface area contributed by atoms with Gasteiger partial charge in [-0.2, -0.15) is 4.99 Å². The van der Waals surface area contributed by atoms with Crippen molar-refractivity contribution < 1.29 is 13.9 Å². The summed E-state index contributed by atoms with van der Waals surface area (Å²) in [4.78, 5) is 17.7. The highest BCUT2D eigenvalue weighted by Gasteiger charge is 2.15. The molecule has 7 heteroatoms. The molecule has 2 heterocycles. The van der Waals surface area contributed by atoms with Crippen LogP contribution in [0, 0.1) is 0 Å². The molecular formula is C21H17BrN2O3S. The number of nitrogens with zero attached hydrogens (tertiary/aromatic N) is 2.